The number of fused-ring (bicyclic) bond motifs is 1. The molecule has 0 spiro atoms. The molecule has 1 aliphatic heterocycles. The molecule has 2 amide bonds. The molecule has 7 heteroatoms. The van der Waals surface area contributed by atoms with Gasteiger partial charge >= 0.3 is 0 Å². The number of hydrogen-bond donors (Lipinski definition) is 0. The van der Waals surface area contributed by atoms with Crippen LogP contribution >= 0.6 is 0 Å². The summed E-state index contributed by atoms with van der Waals surface area (Å²) >= 11 is 0. The first-order valence-corrected chi connectivity index (χ1v) is 12.9. The summed E-state index contributed by atoms with van der Waals surface area (Å²) in [4.78, 5) is 29.1. The number of furan rings is 2. The van der Waals surface area contributed by atoms with E-state index in [1.165, 1.54) is 11.1 Å². The second kappa shape index (κ2) is 11.0. The molecule has 2 aromatic carbocycles. The van der Waals surface area contributed by atoms with E-state index in [9.17, 15) is 9.59 Å². The zero-order valence-electron chi connectivity index (χ0n) is 22.0. The lowest BCUT2D eigenvalue weighted by atomic mass is 9.87. The highest BCUT2D eigenvalue weighted by molar-refractivity contribution is 5.91. The summed E-state index contributed by atoms with van der Waals surface area (Å²) < 4.78 is 17.2. The minimum Gasteiger partial charge on any atom is -0.486 e. The number of aryl methyl sites for hydroxylation is 1. The highest BCUT2D eigenvalue weighted by Gasteiger charge is 2.31. The molecule has 2 aromatic heterocycles. The Morgan fingerprint density at radius 1 is 1.05 bits per heavy atom. The summed E-state index contributed by atoms with van der Waals surface area (Å²) in [5, 5.41) is 0. The molecule has 0 saturated carbocycles. The Kier molecular flexibility index (Phi) is 7.36. The third kappa shape index (κ3) is 5.37. The number of ether oxygens (including phenoxy) is 1. The lowest BCUT2D eigenvalue weighted by Crippen LogP contribution is -2.40. The molecule has 196 valence electrons. The highest BCUT2D eigenvalue weighted by atomic mass is 16.5. The van der Waals surface area contributed by atoms with Gasteiger partial charge in [-0.1, -0.05) is 42.8 Å². The van der Waals surface area contributed by atoms with Crippen LogP contribution in [-0.4, -0.2) is 35.2 Å². The Morgan fingerprint density at radius 3 is 2.61 bits per heavy atom. The van der Waals surface area contributed by atoms with E-state index >= 15 is 0 Å². The molecule has 0 N–H and O–H groups in total. The third-order valence-electron chi connectivity index (χ3n) is 6.93. The first-order valence-electron chi connectivity index (χ1n) is 12.9. The molecule has 4 aromatic rings. The fourth-order valence-corrected chi connectivity index (χ4v) is 4.88. The zero-order chi connectivity index (χ0) is 26.6. The Labute approximate surface area is 222 Å². The van der Waals surface area contributed by atoms with Crippen LogP contribution in [0.5, 0.6) is 5.75 Å². The molecule has 1 aliphatic rings. The van der Waals surface area contributed by atoms with E-state index in [4.69, 9.17) is 13.6 Å². The summed E-state index contributed by atoms with van der Waals surface area (Å²) in [7, 11) is 1.70. The fourth-order valence-electron chi connectivity index (χ4n) is 4.88. The van der Waals surface area contributed by atoms with E-state index in [1.807, 2.05) is 30.0 Å². The number of hydrogen-bond acceptors (Lipinski definition) is 5. The monoisotopic (exact) mass is 512 g/mol. The van der Waals surface area contributed by atoms with Gasteiger partial charge in [-0.15, -0.1) is 0 Å². The number of benzene rings is 2. The molecule has 0 radical (unpaired) electrons. The summed E-state index contributed by atoms with van der Waals surface area (Å²) in [6.45, 7) is 5.19. The molecule has 3 heterocycles. The van der Waals surface area contributed by atoms with Crippen molar-refractivity contribution in [2.75, 3.05) is 13.6 Å². The molecule has 0 fully saturated rings. The summed E-state index contributed by atoms with van der Waals surface area (Å²) in [5.41, 5.74) is 4.56. The van der Waals surface area contributed by atoms with Crippen LogP contribution in [0.4, 0.5) is 0 Å². The maximum absolute atomic E-state index is 12.9. The topological polar surface area (TPSA) is 76.1 Å². The SMILES string of the molecule is CCC(=O)N1CCc2ccc(OCc3ccc(C(=O)N(C)Cc4ccco4)o3)cc2[C@@H]1c1ccc(C)cc1. The van der Waals surface area contributed by atoms with Crippen molar-refractivity contribution in [1.29, 1.82) is 0 Å². The van der Waals surface area contributed by atoms with Gasteiger partial charge in [0.05, 0.1) is 18.8 Å². The number of nitrogens with zero attached hydrogens (tertiary/aromatic N) is 2. The van der Waals surface area contributed by atoms with E-state index in [0.29, 0.717) is 36.8 Å². The van der Waals surface area contributed by atoms with Crippen molar-refractivity contribution in [1.82, 2.24) is 9.80 Å². The van der Waals surface area contributed by atoms with Gasteiger partial charge in [0.2, 0.25) is 5.91 Å². The maximum Gasteiger partial charge on any atom is 0.289 e. The van der Waals surface area contributed by atoms with Gasteiger partial charge < -0.3 is 23.4 Å². The highest BCUT2D eigenvalue weighted by Crippen LogP contribution is 2.37. The molecule has 38 heavy (non-hydrogen) atoms. The van der Waals surface area contributed by atoms with E-state index in [2.05, 4.69) is 37.3 Å². The molecular weight excluding hydrogens is 480 g/mol. The van der Waals surface area contributed by atoms with Crippen LogP contribution in [0.25, 0.3) is 0 Å². The molecule has 7 nitrogen and oxygen atoms in total. The van der Waals surface area contributed by atoms with Gasteiger partial charge in [-0.05, 0) is 66.4 Å². The molecule has 5 rings (SSSR count). The predicted octanol–water partition coefficient (Wildman–Crippen LogP) is 5.92. The van der Waals surface area contributed by atoms with Crippen molar-refractivity contribution in [3.63, 3.8) is 0 Å². The number of carbonyl (C=O) groups excluding carboxylic acids is 2. The molecular formula is C31H32N2O5. The first kappa shape index (κ1) is 25.4. The van der Waals surface area contributed by atoms with Crippen LogP contribution in [0.3, 0.4) is 0 Å². The first-order chi connectivity index (χ1) is 18.4. The number of amides is 2. The minimum atomic E-state index is -0.233. The lowest BCUT2D eigenvalue weighted by molar-refractivity contribution is -0.132. The molecule has 0 unspecified atom stereocenters. The van der Waals surface area contributed by atoms with Gasteiger partial charge in [-0.25, -0.2) is 0 Å². The van der Waals surface area contributed by atoms with E-state index in [-0.39, 0.29) is 30.2 Å². The van der Waals surface area contributed by atoms with Crippen LogP contribution in [0.2, 0.25) is 0 Å². The van der Waals surface area contributed by atoms with Crippen LogP contribution in [0.1, 0.15) is 63.7 Å². The fraction of sp³-hybridized carbons (Fsp3) is 0.290. The molecule has 1 atom stereocenters. The Morgan fingerprint density at radius 2 is 1.87 bits per heavy atom. The van der Waals surface area contributed by atoms with Crippen molar-refractivity contribution in [3.05, 3.63) is 113 Å². The number of rotatable bonds is 8. The van der Waals surface area contributed by atoms with Crippen LogP contribution in [-0.2, 0) is 24.4 Å². The standard InChI is InChI=1S/C31H32N2O5/c1-4-29(34)33-16-15-22-11-12-24(18-27(22)30(33)23-9-7-21(2)8-10-23)37-20-26-13-14-28(38-26)31(35)32(3)19-25-6-5-17-36-25/h5-14,17-18,30H,4,15-16,19-20H2,1-3H3/t30-/m0/s1. The second-order valence-corrected chi connectivity index (χ2v) is 9.66. The van der Waals surface area contributed by atoms with Crippen molar-refractivity contribution in [3.8, 4) is 5.75 Å². The third-order valence-corrected chi connectivity index (χ3v) is 6.93. The molecule has 0 saturated heterocycles. The van der Waals surface area contributed by atoms with Crippen LogP contribution < -0.4 is 4.74 Å². The second-order valence-electron chi connectivity index (χ2n) is 9.66. The Bertz CT molecular complexity index is 1400. The van der Waals surface area contributed by atoms with Gasteiger partial charge in [0, 0.05) is 20.0 Å². The molecule has 0 aliphatic carbocycles. The average molecular weight is 513 g/mol. The van der Waals surface area contributed by atoms with E-state index in [0.717, 1.165) is 17.5 Å². The maximum atomic E-state index is 12.9. The van der Waals surface area contributed by atoms with Gasteiger partial charge in [-0.3, -0.25) is 9.59 Å². The van der Waals surface area contributed by atoms with Crippen molar-refractivity contribution < 1.29 is 23.2 Å². The van der Waals surface area contributed by atoms with Crippen LogP contribution in [0.15, 0.2) is 81.8 Å². The largest absolute Gasteiger partial charge is 0.486 e. The quantitative estimate of drug-likeness (QED) is 0.293. The summed E-state index contributed by atoms with van der Waals surface area (Å²) in [6.07, 6.45) is 2.85. The van der Waals surface area contributed by atoms with Gasteiger partial charge in [0.25, 0.3) is 5.91 Å². The summed E-state index contributed by atoms with van der Waals surface area (Å²) in [5.74, 6) is 2.09. The predicted molar refractivity (Wildman–Crippen MR) is 143 cm³/mol. The van der Waals surface area contributed by atoms with E-state index in [1.54, 1.807) is 36.4 Å². The zero-order valence-corrected chi connectivity index (χ0v) is 22.0. The summed E-state index contributed by atoms with van der Waals surface area (Å²) in [6, 6.07) is 21.3. The smallest absolute Gasteiger partial charge is 0.289 e. The van der Waals surface area contributed by atoms with Crippen molar-refractivity contribution in [2.45, 2.75) is 45.9 Å². The number of carbonyl (C=O) groups is 2. The Hall–Kier alpha value is -4.26. The van der Waals surface area contributed by atoms with E-state index < -0.39 is 0 Å². The Balaban J connectivity index is 1.32. The van der Waals surface area contributed by atoms with Crippen molar-refractivity contribution in [2.24, 2.45) is 0 Å². The lowest BCUT2D eigenvalue weighted by Gasteiger charge is -2.38. The minimum absolute atomic E-state index is 0.136. The van der Waals surface area contributed by atoms with Crippen LogP contribution in [0, 0.1) is 6.92 Å². The van der Waals surface area contributed by atoms with Gasteiger partial charge in [-0.2, -0.15) is 0 Å². The van der Waals surface area contributed by atoms with Gasteiger partial charge in [0.1, 0.15) is 23.9 Å². The molecule has 0 bridgehead atoms. The van der Waals surface area contributed by atoms with Crippen molar-refractivity contribution >= 4 is 11.8 Å². The van der Waals surface area contributed by atoms with Gasteiger partial charge in [0.15, 0.2) is 5.76 Å². The normalized spacial score (nSPS) is 14.7. The average Bonchev–Trinajstić information content (AvgIpc) is 3.63.